The SMILES string of the molecule is O=C(NCCN1CCNCC1)C(=O)Nc1cccnc1Cl. The maximum Gasteiger partial charge on any atom is 0.313 e. The minimum Gasteiger partial charge on any atom is -0.347 e. The smallest absolute Gasteiger partial charge is 0.313 e. The number of rotatable bonds is 4. The fourth-order valence-electron chi connectivity index (χ4n) is 2.00. The second-order valence-electron chi connectivity index (χ2n) is 4.64. The van der Waals surface area contributed by atoms with Gasteiger partial charge in [-0.2, -0.15) is 0 Å². The van der Waals surface area contributed by atoms with Gasteiger partial charge in [0.15, 0.2) is 5.15 Å². The number of pyridine rings is 1. The van der Waals surface area contributed by atoms with Crippen molar-refractivity contribution in [2.24, 2.45) is 0 Å². The molecular weight excluding hydrogens is 294 g/mol. The molecule has 2 rings (SSSR count). The molecule has 2 heterocycles. The van der Waals surface area contributed by atoms with Crippen LogP contribution in [-0.4, -0.2) is 61.0 Å². The van der Waals surface area contributed by atoms with Crippen molar-refractivity contribution in [1.82, 2.24) is 20.5 Å². The Balaban J connectivity index is 1.72. The molecule has 1 saturated heterocycles. The van der Waals surface area contributed by atoms with Crippen molar-refractivity contribution in [2.45, 2.75) is 0 Å². The fraction of sp³-hybridized carbons (Fsp3) is 0.462. The van der Waals surface area contributed by atoms with Crippen molar-refractivity contribution >= 4 is 29.1 Å². The van der Waals surface area contributed by atoms with Crippen LogP contribution >= 0.6 is 11.6 Å². The zero-order valence-electron chi connectivity index (χ0n) is 11.6. The van der Waals surface area contributed by atoms with Gasteiger partial charge in [-0.3, -0.25) is 14.5 Å². The summed E-state index contributed by atoms with van der Waals surface area (Å²) in [7, 11) is 0. The van der Waals surface area contributed by atoms with Crippen LogP contribution in [0.25, 0.3) is 0 Å². The number of hydrogen-bond acceptors (Lipinski definition) is 5. The Kier molecular flexibility index (Phi) is 5.91. The second kappa shape index (κ2) is 7.92. The van der Waals surface area contributed by atoms with Gasteiger partial charge in [-0.25, -0.2) is 4.98 Å². The lowest BCUT2D eigenvalue weighted by atomic mass is 10.3. The summed E-state index contributed by atoms with van der Waals surface area (Å²) in [6.07, 6.45) is 1.51. The third-order valence-corrected chi connectivity index (χ3v) is 3.44. The molecule has 7 nitrogen and oxygen atoms in total. The van der Waals surface area contributed by atoms with Gasteiger partial charge in [-0.1, -0.05) is 11.6 Å². The molecule has 0 aliphatic carbocycles. The number of aromatic nitrogens is 1. The first kappa shape index (κ1) is 15.7. The van der Waals surface area contributed by atoms with E-state index in [1.165, 1.54) is 6.20 Å². The Morgan fingerprint density at radius 3 is 2.81 bits per heavy atom. The van der Waals surface area contributed by atoms with E-state index in [2.05, 4.69) is 25.8 Å². The predicted molar refractivity (Wildman–Crippen MR) is 80.2 cm³/mol. The number of carbonyl (C=O) groups excluding carboxylic acids is 2. The maximum atomic E-state index is 11.7. The van der Waals surface area contributed by atoms with Crippen molar-refractivity contribution < 1.29 is 9.59 Å². The lowest BCUT2D eigenvalue weighted by molar-refractivity contribution is -0.136. The summed E-state index contributed by atoms with van der Waals surface area (Å²) in [5, 5.41) is 8.43. The summed E-state index contributed by atoms with van der Waals surface area (Å²) >= 11 is 5.81. The van der Waals surface area contributed by atoms with Crippen LogP contribution < -0.4 is 16.0 Å². The Hall–Kier alpha value is -1.70. The zero-order chi connectivity index (χ0) is 15.1. The molecule has 0 radical (unpaired) electrons. The summed E-state index contributed by atoms with van der Waals surface area (Å²) < 4.78 is 0. The lowest BCUT2D eigenvalue weighted by Gasteiger charge is -2.26. The van der Waals surface area contributed by atoms with Crippen molar-refractivity contribution in [2.75, 3.05) is 44.6 Å². The van der Waals surface area contributed by atoms with Crippen LogP contribution in [0.1, 0.15) is 0 Å². The van der Waals surface area contributed by atoms with E-state index < -0.39 is 11.8 Å². The number of piperazine rings is 1. The van der Waals surface area contributed by atoms with Crippen LogP contribution in [0.2, 0.25) is 5.15 Å². The van der Waals surface area contributed by atoms with Crippen molar-refractivity contribution in [3.05, 3.63) is 23.5 Å². The van der Waals surface area contributed by atoms with E-state index in [9.17, 15) is 9.59 Å². The van der Waals surface area contributed by atoms with E-state index in [0.29, 0.717) is 12.2 Å². The molecule has 3 N–H and O–H groups in total. The molecule has 1 aliphatic rings. The largest absolute Gasteiger partial charge is 0.347 e. The Morgan fingerprint density at radius 2 is 2.10 bits per heavy atom. The number of nitrogens with one attached hydrogen (secondary N) is 3. The van der Waals surface area contributed by atoms with Crippen LogP contribution in [0.4, 0.5) is 5.69 Å². The molecule has 0 saturated carbocycles. The van der Waals surface area contributed by atoms with Crippen molar-refractivity contribution in [3.63, 3.8) is 0 Å². The van der Waals surface area contributed by atoms with Gasteiger partial charge in [-0.05, 0) is 12.1 Å². The molecule has 114 valence electrons. The van der Waals surface area contributed by atoms with Gasteiger partial charge in [0.1, 0.15) is 0 Å². The van der Waals surface area contributed by atoms with Crippen molar-refractivity contribution in [3.8, 4) is 0 Å². The van der Waals surface area contributed by atoms with E-state index >= 15 is 0 Å². The normalized spacial score (nSPS) is 15.5. The monoisotopic (exact) mass is 311 g/mol. The first-order valence-electron chi connectivity index (χ1n) is 6.79. The maximum absolute atomic E-state index is 11.7. The van der Waals surface area contributed by atoms with Crippen LogP contribution in [0.5, 0.6) is 0 Å². The number of anilines is 1. The second-order valence-corrected chi connectivity index (χ2v) is 5.00. The van der Waals surface area contributed by atoms with Gasteiger partial charge in [0.25, 0.3) is 0 Å². The van der Waals surface area contributed by atoms with Gasteiger partial charge in [0.05, 0.1) is 5.69 Å². The average molecular weight is 312 g/mol. The molecule has 1 fully saturated rings. The Morgan fingerprint density at radius 1 is 1.33 bits per heavy atom. The number of halogens is 1. The highest BCUT2D eigenvalue weighted by atomic mass is 35.5. The molecular formula is C13H18ClN5O2. The zero-order valence-corrected chi connectivity index (χ0v) is 12.3. The van der Waals surface area contributed by atoms with Gasteiger partial charge >= 0.3 is 11.8 Å². The van der Waals surface area contributed by atoms with Crippen LogP contribution in [0.15, 0.2) is 18.3 Å². The van der Waals surface area contributed by atoms with Crippen LogP contribution in [0, 0.1) is 0 Å². The summed E-state index contributed by atoms with van der Waals surface area (Å²) in [5.74, 6) is -1.42. The molecule has 0 aromatic carbocycles. The molecule has 1 aromatic heterocycles. The third-order valence-electron chi connectivity index (χ3n) is 3.14. The van der Waals surface area contributed by atoms with E-state index in [4.69, 9.17) is 11.6 Å². The average Bonchev–Trinajstić information content (AvgIpc) is 2.50. The molecule has 2 amide bonds. The minimum absolute atomic E-state index is 0.152. The molecule has 8 heteroatoms. The first-order valence-corrected chi connectivity index (χ1v) is 7.17. The van der Waals surface area contributed by atoms with Gasteiger partial charge in [0.2, 0.25) is 0 Å². The molecule has 0 bridgehead atoms. The minimum atomic E-state index is -0.745. The number of nitrogens with zero attached hydrogens (tertiary/aromatic N) is 2. The van der Waals surface area contributed by atoms with Crippen molar-refractivity contribution in [1.29, 1.82) is 0 Å². The standard InChI is InChI=1S/C13H18ClN5O2/c14-11-10(2-1-3-16-11)18-13(21)12(20)17-6-9-19-7-4-15-5-8-19/h1-3,15H,4-9H2,(H,17,20)(H,18,21). The molecule has 0 spiro atoms. The van der Waals surface area contributed by atoms with Gasteiger partial charge in [-0.15, -0.1) is 0 Å². The first-order chi connectivity index (χ1) is 10.2. The quantitative estimate of drug-likeness (QED) is 0.525. The summed E-state index contributed by atoms with van der Waals surface area (Å²) in [4.78, 5) is 29.4. The molecule has 1 aromatic rings. The van der Waals surface area contributed by atoms with Crippen LogP contribution in [-0.2, 0) is 9.59 Å². The molecule has 0 atom stereocenters. The Bertz CT molecular complexity index is 505. The van der Waals surface area contributed by atoms with Gasteiger partial charge in [0, 0.05) is 45.5 Å². The van der Waals surface area contributed by atoms with Crippen LogP contribution in [0.3, 0.4) is 0 Å². The molecule has 1 aliphatic heterocycles. The lowest BCUT2D eigenvalue weighted by Crippen LogP contribution is -2.47. The highest BCUT2D eigenvalue weighted by molar-refractivity contribution is 6.41. The number of hydrogen-bond donors (Lipinski definition) is 3. The van der Waals surface area contributed by atoms with E-state index in [1.54, 1.807) is 12.1 Å². The molecule has 0 unspecified atom stereocenters. The molecule has 21 heavy (non-hydrogen) atoms. The highest BCUT2D eigenvalue weighted by Crippen LogP contribution is 2.16. The summed E-state index contributed by atoms with van der Waals surface area (Å²) in [6.45, 7) is 4.98. The summed E-state index contributed by atoms with van der Waals surface area (Å²) in [6, 6.07) is 3.21. The third kappa shape index (κ3) is 4.96. The van der Waals surface area contributed by atoms with E-state index in [0.717, 1.165) is 32.7 Å². The van der Waals surface area contributed by atoms with E-state index in [1.807, 2.05) is 0 Å². The Labute approximate surface area is 128 Å². The fourth-order valence-corrected chi connectivity index (χ4v) is 2.17. The topological polar surface area (TPSA) is 86.4 Å². The van der Waals surface area contributed by atoms with Gasteiger partial charge < -0.3 is 16.0 Å². The highest BCUT2D eigenvalue weighted by Gasteiger charge is 2.15. The summed E-state index contributed by atoms with van der Waals surface area (Å²) in [5.41, 5.74) is 0.321. The number of amides is 2. The number of carbonyl (C=O) groups is 2. The van der Waals surface area contributed by atoms with E-state index in [-0.39, 0.29) is 5.15 Å². The predicted octanol–water partition coefficient (Wildman–Crippen LogP) is -0.305.